The van der Waals surface area contributed by atoms with Gasteiger partial charge in [-0.2, -0.15) is 0 Å². The van der Waals surface area contributed by atoms with Gasteiger partial charge < -0.3 is 4.74 Å². The molecule has 0 aromatic rings. The van der Waals surface area contributed by atoms with E-state index >= 15 is 0 Å². The molecule has 10 heavy (non-hydrogen) atoms. The standard InChI is InChI=1S/C8H15NO/c1-3-5-7-6-10-8(4-2)9-7/h7H,3-6H2,1-2H3/t7-/m1/s1. The minimum atomic E-state index is 0.458. The van der Waals surface area contributed by atoms with Gasteiger partial charge >= 0.3 is 0 Å². The fraction of sp³-hybridized carbons (Fsp3) is 0.875. The zero-order valence-corrected chi connectivity index (χ0v) is 6.76. The van der Waals surface area contributed by atoms with Crippen molar-refractivity contribution in [1.82, 2.24) is 0 Å². The number of rotatable bonds is 3. The molecule has 0 spiro atoms. The molecule has 0 unspecified atom stereocenters. The predicted molar refractivity (Wildman–Crippen MR) is 42.4 cm³/mol. The van der Waals surface area contributed by atoms with E-state index in [0.717, 1.165) is 18.9 Å². The Bertz CT molecular complexity index is 131. The van der Waals surface area contributed by atoms with E-state index < -0.39 is 0 Å². The second-order valence-corrected chi connectivity index (χ2v) is 2.63. The molecule has 0 aliphatic carbocycles. The molecule has 1 heterocycles. The minimum Gasteiger partial charge on any atom is -0.479 e. The van der Waals surface area contributed by atoms with Gasteiger partial charge in [-0.3, -0.25) is 0 Å². The van der Waals surface area contributed by atoms with Crippen LogP contribution in [-0.4, -0.2) is 18.5 Å². The van der Waals surface area contributed by atoms with Crippen molar-refractivity contribution in [2.45, 2.75) is 39.2 Å². The van der Waals surface area contributed by atoms with E-state index in [2.05, 4.69) is 18.8 Å². The average Bonchev–Trinajstić information content (AvgIpc) is 2.37. The predicted octanol–water partition coefficient (Wildman–Crippen LogP) is 1.99. The Hall–Kier alpha value is -0.530. The van der Waals surface area contributed by atoms with Crippen LogP contribution in [0.4, 0.5) is 0 Å². The molecule has 1 aliphatic heterocycles. The summed E-state index contributed by atoms with van der Waals surface area (Å²) < 4.78 is 5.32. The van der Waals surface area contributed by atoms with E-state index in [-0.39, 0.29) is 0 Å². The van der Waals surface area contributed by atoms with Gasteiger partial charge in [0.2, 0.25) is 0 Å². The topological polar surface area (TPSA) is 21.6 Å². The van der Waals surface area contributed by atoms with Crippen LogP contribution in [-0.2, 0) is 4.74 Å². The van der Waals surface area contributed by atoms with Crippen molar-refractivity contribution in [3.8, 4) is 0 Å². The maximum absolute atomic E-state index is 5.32. The molecule has 0 bridgehead atoms. The lowest BCUT2D eigenvalue weighted by atomic mass is 10.2. The molecule has 0 aromatic heterocycles. The van der Waals surface area contributed by atoms with Crippen LogP contribution in [0.2, 0.25) is 0 Å². The molecule has 0 aromatic carbocycles. The van der Waals surface area contributed by atoms with Crippen molar-refractivity contribution in [1.29, 1.82) is 0 Å². The highest BCUT2D eigenvalue weighted by Gasteiger charge is 2.15. The molecule has 0 saturated carbocycles. The summed E-state index contributed by atoms with van der Waals surface area (Å²) >= 11 is 0. The molecule has 1 atom stereocenters. The molecule has 2 heteroatoms. The molecule has 2 nitrogen and oxygen atoms in total. The van der Waals surface area contributed by atoms with Gasteiger partial charge in [0, 0.05) is 6.42 Å². The first-order chi connectivity index (χ1) is 4.86. The second kappa shape index (κ2) is 3.59. The van der Waals surface area contributed by atoms with Gasteiger partial charge in [-0.05, 0) is 6.42 Å². The summed E-state index contributed by atoms with van der Waals surface area (Å²) in [5.41, 5.74) is 0. The Morgan fingerprint density at radius 1 is 1.60 bits per heavy atom. The Kier molecular flexibility index (Phi) is 2.72. The number of ether oxygens (including phenoxy) is 1. The highest BCUT2D eigenvalue weighted by Crippen LogP contribution is 2.11. The van der Waals surface area contributed by atoms with E-state index in [4.69, 9.17) is 4.74 Å². The molecular weight excluding hydrogens is 126 g/mol. The van der Waals surface area contributed by atoms with Crippen LogP contribution in [0.5, 0.6) is 0 Å². The largest absolute Gasteiger partial charge is 0.479 e. The highest BCUT2D eigenvalue weighted by molar-refractivity contribution is 5.77. The monoisotopic (exact) mass is 141 g/mol. The summed E-state index contributed by atoms with van der Waals surface area (Å²) in [5, 5.41) is 0. The molecule has 58 valence electrons. The first kappa shape index (κ1) is 7.58. The number of aliphatic imine (C=N–C) groups is 1. The summed E-state index contributed by atoms with van der Waals surface area (Å²) in [6.07, 6.45) is 3.32. The molecule has 0 N–H and O–H groups in total. The van der Waals surface area contributed by atoms with Gasteiger partial charge in [-0.25, -0.2) is 4.99 Å². The van der Waals surface area contributed by atoms with Gasteiger partial charge in [0.25, 0.3) is 0 Å². The molecule has 1 aliphatic rings. The Morgan fingerprint density at radius 3 is 2.90 bits per heavy atom. The molecule has 0 saturated heterocycles. The number of hydrogen-bond donors (Lipinski definition) is 0. The lowest BCUT2D eigenvalue weighted by molar-refractivity contribution is 0.305. The third-order valence-electron chi connectivity index (χ3n) is 1.69. The Morgan fingerprint density at radius 2 is 2.40 bits per heavy atom. The lowest BCUT2D eigenvalue weighted by Crippen LogP contribution is -2.04. The van der Waals surface area contributed by atoms with E-state index in [1.165, 1.54) is 12.8 Å². The Balaban J connectivity index is 2.32. The van der Waals surface area contributed by atoms with E-state index in [1.807, 2.05) is 0 Å². The summed E-state index contributed by atoms with van der Waals surface area (Å²) in [5.74, 6) is 0.943. The average molecular weight is 141 g/mol. The summed E-state index contributed by atoms with van der Waals surface area (Å²) in [4.78, 5) is 4.39. The van der Waals surface area contributed by atoms with Gasteiger partial charge in [0.15, 0.2) is 5.90 Å². The van der Waals surface area contributed by atoms with E-state index in [1.54, 1.807) is 0 Å². The zero-order valence-electron chi connectivity index (χ0n) is 6.76. The number of hydrogen-bond acceptors (Lipinski definition) is 2. The maximum Gasteiger partial charge on any atom is 0.183 e. The van der Waals surface area contributed by atoms with Crippen LogP contribution in [0.1, 0.15) is 33.1 Å². The minimum absolute atomic E-state index is 0.458. The van der Waals surface area contributed by atoms with Crippen LogP contribution in [0.3, 0.4) is 0 Å². The zero-order chi connectivity index (χ0) is 7.40. The first-order valence-electron chi connectivity index (χ1n) is 4.06. The molecule has 0 amide bonds. The Labute approximate surface area is 62.3 Å². The molecule has 1 rings (SSSR count). The SMILES string of the molecule is CCC[C@@H]1COC(CC)=N1. The summed E-state index contributed by atoms with van der Waals surface area (Å²) in [6, 6.07) is 0.458. The van der Waals surface area contributed by atoms with Gasteiger partial charge in [-0.1, -0.05) is 20.3 Å². The first-order valence-corrected chi connectivity index (χ1v) is 4.06. The van der Waals surface area contributed by atoms with Gasteiger partial charge in [0.1, 0.15) is 6.61 Å². The van der Waals surface area contributed by atoms with Crippen molar-refractivity contribution in [2.75, 3.05) is 6.61 Å². The lowest BCUT2D eigenvalue weighted by Gasteiger charge is -1.99. The summed E-state index contributed by atoms with van der Waals surface area (Å²) in [7, 11) is 0. The van der Waals surface area contributed by atoms with Crippen LogP contribution < -0.4 is 0 Å². The van der Waals surface area contributed by atoms with Crippen LogP contribution in [0, 0.1) is 0 Å². The van der Waals surface area contributed by atoms with Gasteiger partial charge in [-0.15, -0.1) is 0 Å². The normalized spacial score (nSPS) is 24.2. The van der Waals surface area contributed by atoms with Crippen molar-refractivity contribution < 1.29 is 4.74 Å². The van der Waals surface area contributed by atoms with Crippen LogP contribution in [0.15, 0.2) is 4.99 Å². The third-order valence-corrected chi connectivity index (χ3v) is 1.69. The molecule has 0 fully saturated rings. The van der Waals surface area contributed by atoms with E-state index in [9.17, 15) is 0 Å². The van der Waals surface area contributed by atoms with Crippen molar-refractivity contribution in [2.24, 2.45) is 4.99 Å². The fourth-order valence-corrected chi connectivity index (χ4v) is 1.15. The van der Waals surface area contributed by atoms with Gasteiger partial charge in [0.05, 0.1) is 6.04 Å². The quantitative estimate of drug-likeness (QED) is 0.589. The number of nitrogens with zero attached hydrogens (tertiary/aromatic N) is 1. The fourth-order valence-electron chi connectivity index (χ4n) is 1.15. The van der Waals surface area contributed by atoms with E-state index in [0.29, 0.717) is 6.04 Å². The maximum atomic E-state index is 5.32. The summed E-state index contributed by atoms with van der Waals surface area (Å²) in [6.45, 7) is 5.07. The second-order valence-electron chi connectivity index (χ2n) is 2.63. The van der Waals surface area contributed by atoms with Crippen molar-refractivity contribution in [3.05, 3.63) is 0 Å². The smallest absolute Gasteiger partial charge is 0.183 e. The molecular formula is C8H15NO. The molecule has 0 radical (unpaired) electrons. The van der Waals surface area contributed by atoms with Crippen molar-refractivity contribution in [3.63, 3.8) is 0 Å². The third kappa shape index (κ3) is 1.72. The highest BCUT2D eigenvalue weighted by atomic mass is 16.5. The van der Waals surface area contributed by atoms with Crippen LogP contribution in [0.25, 0.3) is 0 Å². The van der Waals surface area contributed by atoms with Crippen molar-refractivity contribution >= 4 is 5.90 Å². The van der Waals surface area contributed by atoms with Crippen LogP contribution >= 0.6 is 0 Å².